The third-order valence-corrected chi connectivity index (χ3v) is 2.99. The molecule has 0 spiro atoms. The molecule has 2 atom stereocenters. The minimum atomic E-state index is -0.173. The van der Waals surface area contributed by atoms with E-state index in [4.69, 9.17) is 15.2 Å². The van der Waals surface area contributed by atoms with Crippen LogP contribution in [-0.2, 0) is 0 Å². The summed E-state index contributed by atoms with van der Waals surface area (Å²) in [6.07, 6.45) is -0.173. The Balaban J connectivity index is 2.18. The number of hydrogen-bond acceptors (Lipinski definition) is 3. The van der Waals surface area contributed by atoms with Crippen LogP contribution in [0.4, 0.5) is 0 Å². The Bertz CT molecular complexity index is 526. The summed E-state index contributed by atoms with van der Waals surface area (Å²) in [5, 5.41) is 0. The number of benzene rings is 2. The number of rotatable bonds is 6. The van der Waals surface area contributed by atoms with Crippen molar-refractivity contribution in [2.75, 3.05) is 6.61 Å². The van der Waals surface area contributed by atoms with Crippen molar-refractivity contribution in [2.45, 2.75) is 26.0 Å². The average Bonchev–Trinajstić information content (AvgIpc) is 2.46. The third kappa shape index (κ3) is 3.75. The highest BCUT2D eigenvalue weighted by molar-refractivity contribution is 5.34. The molecule has 0 aromatic heterocycles. The molecule has 0 amide bonds. The fourth-order valence-electron chi connectivity index (χ4n) is 2.07. The van der Waals surface area contributed by atoms with Crippen LogP contribution in [0.3, 0.4) is 0 Å². The summed E-state index contributed by atoms with van der Waals surface area (Å²) < 4.78 is 11.5. The van der Waals surface area contributed by atoms with Crippen molar-refractivity contribution in [1.82, 2.24) is 0 Å². The highest BCUT2D eigenvalue weighted by Crippen LogP contribution is 2.26. The van der Waals surface area contributed by atoms with Crippen LogP contribution in [0.5, 0.6) is 11.5 Å². The fourth-order valence-corrected chi connectivity index (χ4v) is 2.07. The Morgan fingerprint density at radius 2 is 1.70 bits per heavy atom. The van der Waals surface area contributed by atoms with Crippen molar-refractivity contribution >= 4 is 0 Å². The minimum Gasteiger partial charge on any atom is -0.494 e. The van der Waals surface area contributed by atoms with Crippen molar-refractivity contribution < 1.29 is 9.47 Å². The summed E-state index contributed by atoms with van der Waals surface area (Å²) in [5.41, 5.74) is 7.13. The van der Waals surface area contributed by atoms with Crippen molar-refractivity contribution in [2.24, 2.45) is 5.73 Å². The summed E-state index contributed by atoms with van der Waals surface area (Å²) in [4.78, 5) is 0. The van der Waals surface area contributed by atoms with Gasteiger partial charge in [-0.05, 0) is 31.5 Å². The van der Waals surface area contributed by atoms with E-state index >= 15 is 0 Å². The van der Waals surface area contributed by atoms with Crippen LogP contribution in [0.25, 0.3) is 0 Å². The third-order valence-electron chi connectivity index (χ3n) is 2.99. The normalized spacial score (nSPS) is 13.6. The van der Waals surface area contributed by atoms with Gasteiger partial charge in [-0.15, -0.1) is 0 Å². The van der Waals surface area contributed by atoms with Crippen LogP contribution >= 0.6 is 0 Å². The lowest BCUT2D eigenvalue weighted by Gasteiger charge is -2.23. The largest absolute Gasteiger partial charge is 0.494 e. The summed E-state index contributed by atoms with van der Waals surface area (Å²) in [6, 6.07) is 17.6. The zero-order valence-electron chi connectivity index (χ0n) is 12.0. The molecule has 2 unspecified atom stereocenters. The van der Waals surface area contributed by atoms with Crippen LogP contribution in [0.2, 0.25) is 0 Å². The lowest BCUT2D eigenvalue weighted by atomic mass is 10.0. The predicted octanol–water partition coefficient (Wildman–Crippen LogP) is 3.55. The first kappa shape index (κ1) is 14.4. The second kappa shape index (κ2) is 6.96. The minimum absolute atomic E-state index is 0.104. The molecule has 2 rings (SSSR count). The van der Waals surface area contributed by atoms with Gasteiger partial charge in [0, 0.05) is 12.1 Å². The number of nitrogens with two attached hydrogens (primary N) is 1. The number of hydrogen-bond donors (Lipinski definition) is 1. The molecule has 2 aromatic rings. The van der Waals surface area contributed by atoms with Gasteiger partial charge in [-0.2, -0.15) is 0 Å². The predicted molar refractivity (Wildman–Crippen MR) is 81.1 cm³/mol. The van der Waals surface area contributed by atoms with E-state index < -0.39 is 0 Å². The second-order valence-corrected chi connectivity index (χ2v) is 4.72. The van der Waals surface area contributed by atoms with Crippen LogP contribution < -0.4 is 15.2 Å². The average molecular weight is 271 g/mol. The molecule has 3 nitrogen and oxygen atoms in total. The molecule has 0 fully saturated rings. The highest BCUT2D eigenvalue weighted by atomic mass is 16.5. The molecule has 0 saturated carbocycles. The quantitative estimate of drug-likeness (QED) is 0.873. The molecular weight excluding hydrogens is 250 g/mol. The molecule has 106 valence electrons. The Hall–Kier alpha value is -2.00. The topological polar surface area (TPSA) is 44.5 Å². The van der Waals surface area contributed by atoms with Crippen molar-refractivity contribution in [3.05, 3.63) is 60.2 Å². The van der Waals surface area contributed by atoms with Gasteiger partial charge in [-0.25, -0.2) is 0 Å². The Morgan fingerprint density at radius 3 is 2.35 bits per heavy atom. The molecule has 0 radical (unpaired) electrons. The molecule has 0 aliphatic heterocycles. The van der Waals surface area contributed by atoms with Crippen LogP contribution in [0.1, 0.15) is 25.5 Å². The highest BCUT2D eigenvalue weighted by Gasteiger charge is 2.18. The Kier molecular flexibility index (Phi) is 5.02. The SMILES string of the molecule is CCOc1cccc(OC(c2ccccc2)C(C)N)c1. The monoisotopic (exact) mass is 271 g/mol. The first-order valence-corrected chi connectivity index (χ1v) is 6.90. The molecule has 0 aliphatic rings. The summed E-state index contributed by atoms with van der Waals surface area (Å²) in [5.74, 6) is 1.57. The molecule has 20 heavy (non-hydrogen) atoms. The van der Waals surface area contributed by atoms with E-state index in [9.17, 15) is 0 Å². The maximum absolute atomic E-state index is 6.06. The van der Waals surface area contributed by atoms with E-state index in [1.165, 1.54) is 0 Å². The Labute approximate surface area is 120 Å². The van der Waals surface area contributed by atoms with Gasteiger partial charge in [0.1, 0.15) is 17.6 Å². The maximum Gasteiger partial charge on any atom is 0.138 e. The molecule has 0 aliphatic carbocycles. The first-order valence-electron chi connectivity index (χ1n) is 6.90. The van der Waals surface area contributed by atoms with Gasteiger partial charge in [-0.3, -0.25) is 0 Å². The van der Waals surface area contributed by atoms with Crippen LogP contribution in [0, 0.1) is 0 Å². The van der Waals surface area contributed by atoms with Gasteiger partial charge in [0.05, 0.1) is 6.61 Å². The maximum atomic E-state index is 6.06. The van der Waals surface area contributed by atoms with Gasteiger partial charge < -0.3 is 15.2 Å². The first-order chi connectivity index (χ1) is 9.70. The van der Waals surface area contributed by atoms with Gasteiger partial charge in [0.25, 0.3) is 0 Å². The molecule has 0 heterocycles. The molecular formula is C17H21NO2. The molecule has 2 aromatic carbocycles. The molecule has 3 heteroatoms. The van der Waals surface area contributed by atoms with Crippen molar-refractivity contribution in [1.29, 1.82) is 0 Å². The Morgan fingerprint density at radius 1 is 1.00 bits per heavy atom. The van der Waals surface area contributed by atoms with E-state index in [2.05, 4.69) is 0 Å². The van der Waals surface area contributed by atoms with Crippen molar-refractivity contribution in [3.63, 3.8) is 0 Å². The smallest absolute Gasteiger partial charge is 0.138 e. The van der Waals surface area contributed by atoms with Gasteiger partial charge in [0.15, 0.2) is 0 Å². The summed E-state index contributed by atoms with van der Waals surface area (Å²) >= 11 is 0. The van der Waals surface area contributed by atoms with E-state index in [1.54, 1.807) is 0 Å². The zero-order valence-corrected chi connectivity index (χ0v) is 12.0. The van der Waals surface area contributed by atoms with Gasteiger partial charge >= 0.3 is 0 Å². The lowest BCUT2D eigenvalue weighted by Crippen LogP contribution is -2.29. The second-order valence-electron chi connectivity index (χ2n) is 4.72. The number of ether oxygens (including phenoxy) is 2. The fraction of sp³-hybridized carbons (Fsp3) is 0.294. The van der Waals surface area contributed by atoms with E-state index in [1.807, 2.05) is 68.4 Å². The van der Waals surface area contributed by atoms with Crippen LogP contribution in [-0.4, -0.2) is 12.6 Å². The van der Waals surface area contributed by atoms with Crippen molar-refractivity contribution in [3.8, 4) is 11.5 Å². The lowest BCUT2D eigenvalue weighted by molar-refractivity contribution is 0.179. The molecule has 0 bridgehead atoms. The van der Waals surface area contributed by atoms with E-state index in [0.29, 0.717) is 6.61 Å². The molecule has 0 saturated heterocycles. The van der Waals surface area contributed by atoms with Crippen LogP contribution in [0.15, 0.2) is 54.6 Å². The molecule has 2 N–H and O–H groups in total. The summed E-state index contributed by atoms with van der Waals surface area (Å²) in [7, 11) is 0. The van der Waals surface area contributed by atoms with Gasteiger partial charge in [-0.1, -0.05) is 36.4 Å². The standard InChI is InChI=1S/C17H21NO2/c1-3-19-15-10-7-11-16(12-15)20-17(13(2)18)14-8-5-4-6-9-14/h4-13,17H,3,18H2,1-2H3. The van der Waals surface area contributed by atoms with E-state index in [0.717, 1.165) is 17.1 Å². The zero-order chi connectivity index (χ0) is 14.4. The summed E-state index contributed by atoms with van der Waals surface area (Å²) in [6.45, 7) is 4.55. The van der Waals surface area contributed by atoms with Gasteiger partial charge in [0.2, 0.25) is 0 Å². The van der Waals surface area contributed by atoms with E-state index in [-0.39, 0.29) is 12.1 Å².